The first kappa shape index (κ1) is 18.8. The molecule has 0 radical (unpaired) electrons. The molecule has 0 aliphatic carbocycles. The Balaban J connectivity index is 1.53. The van der Waals surface area contributed by atoms with Gasteiger partial charge in [-0.25, -0.2) is 9.97 Å². The fourth-order valence-corrected chi connectivity index (χ4v) is 4.51. The molecule has 152 valence electrons. The number of benzene rings is 1. The second-order valence-corrected chi connectivity index (χ2v) is 8.55. The zero-order valence-corrected chi connectivity index (χ0v) is 17.2. The zero-order valence-electron chi connectivity index (χ0n) is 16.4. The molecule has 2 fully saturated rings. The molecule has 29 heavy (non-hydrogen) atoms. The third-order valence-corrected chi connectivity index (χ3v) is 6.02. The number of nitrogen functional groups attached to an aromatic ring is 1. The molecule has 2 N–H and O–H groups in total. The molecule has 1 aromatic carbocycles. The maximum Gasteiger partial charge on any atom is 0.164 e. The number of aromatic nitrogens is 3. The summed E-state index contributed by atoms with van der Waals surface area (Å²) in [5, 5.41) is 1.50. The third-order valence-electron chi connectivity index (χ3n) is 5.77. The molecule has 2 aliphatic heterocycles. The lowest BCUT2D eigenvalue weighted by molar-refractivity contribution is -0.198. The van der Waals surface area contributed by atoms with Gasteiger partial charge in [-0.3, -0.25) is 0 Å². The second kappa shape index (κ2) is 6.67. The van der Waals surface area contributed by atoms with Crippen molar-refractivity contribution in [3.05, 3.63) is 53.4 Å². The highest BCUT2D eigenvalue weighted by Gasteiger charge is 2.57. The van der Waals surface area contributed by atoms with Gasteiger partial charge in [-0.1, -0.05) is 30.7 Å². The van der Waals surface area contributed by atoms with Crippen LogP contribution in [0.25, 0.3) is 11.0 Å². The van der Waals surface area contributed by atoms with E-state index in [-0.39, 0.29) is 30.5 Å². The van der Waals surface area contributed by atoms with Gasteiger partial charge >= 0.3 is 0 Å². The first-order valence-corrected chi connectivity index (χ1v) is 10.1. The van der Waals surface area contributed by atoms with Gasteiger partial charge in [0, 0.05) is 17.1 Å². The smallest absolute Gasteiger partial charge is 0.164 e. The van der Waals surface area contributed by atoms with Crippen LogP contribution in [0.2, 0.25) is 5.02 Å². The Hall–Kier alpha value is -2.19. The largest absolute Gasteiger partial charge is 0.383 e. The van der Waals surface area contributed by atoms with Crippen LogP contribution < -0.4 is 5.73 Å². The quantitative estimate of drug-likeness (QED) is 0.699. The van der Waals surface area contributed by atoms with Crippen LogP contribution >= 0.6 is 11.6 Å². The van der Waals surface area contributed by atoms with E-state index in [0.29, 0.717) is 16.5 Å². The first-order chi connectivity index (χ1) is 13.8. The number of hydrogen-bond acceptors (Lipinski definition) is 6. The number of ether oxygens (including phenoxy) is 3. The van der Waals surface area contributed by atoms with Gasteiger partial charge in [0.15, 0.2) is 12.0 Å². The van der Waals surface area contributed by atoms with Crippen molar-refractivity contribution in [3.8, 4) is 0 Å². The van der Waals surface area contributed by atoms with Crippen LogP contribution in [-0.2, 0) is 14.2 Å². The van der Waals surface area contributed by atoms with Crippen molar-refractivity contribution in [2.45, 2.75) is 57.0 Å². The van der Waals surface area contributed by atoms with Crippen LogP contribution in [-0.4, -0.2) is 38.6 Å². The molecular formula is C21H23ClN4O3. The topological polar surface area (TPSA) is 84.4 Å². The maximum atomic E-state index is 6.54. The highest BCUT2D eigenvalue weighted by Crippen LogP contribution is 2.47. The molecule has 2 aliphatic rings. The summed E-state index contributed by atoms with van der Waals surface area (Å²) in [6, 6.07) is 9.75. The number of hydrogen-bond donors (Lipinski definition) is 1. The summed E-state index contributed by atoms with van der Waals surface area (Å²) in [7, 11) is 0. The average Bonchev–Trinajstić information content (AvgIpc) is 3.33. The highest BCUT2D eigenvalue weighted by atomic mass is 35.5. The normalized spacial score (nSPS) is 29.2. The van der Waals surface area contributed by atoms with E-state index in [1.54, 1.807) is 0 Å². The SMILES string of the molecule is C[C@@H](c1ccc(Cl)cc1)[C@H]1O[C@@H](n2ccc3c(N)ncnc32)[C@@H]2OC(C)(C)O[C@@H]21. The molecule has 8 heteroatoms. The van der Waals surface area contributed by atoms with Gasteiger partial charge in [-0.05, 0) is 37.6 Å². The van der Waals surface area contributed by atoms with E-state index < -0.39 is 5.79 Å². The van der Waals surface area contributed by atoms with Gasteiger partial charge in [0.2, 0.25) is 0 Å². The number of nitrogens with two attached hydrogens (primary N) is 1. The van der Waals surface area contributed by atoms with E-state index in [4.69, 9.17) is 31.5 Å². The summed E-state index contributed by atoms with van der Waals surface area (Å²) in [4.78, 5) is 8.49. The average molecular weight is 415 g/mol. The van der Waals surface area contributed by atoms with Crippen molar-refractivity contribution >= 4 is 28.5 Å². The van der Waals surface area contributed by atoms with Gasteiger partial charge in [0.05, 0.1) is 11.5 Å². The van der Waals surface area contributed by atoms with E-state index in [0.717, 1.165) is 10.9 Å². The molecule has 4 heterocycles. The van der Waals surface area contributed by atoms with Gasteiger partial charge < -0.3 is 24.5 Å². The molecular weight excluding hydrogens is 392 g/mol. The van der Waals surface area contributed by atoms with Crippen molar-refractivity contribution in [1.82, 2.24) is 14.5 Å². The standard InChI is InChI=1S/C21H23ClN4O3/c1-11(12-4-6-13(22)7-5-12)15-16-17(29-21(2,3)28-16)20(27-15)26-9-8-14-18(23)24-10-25-19(14)26/h4-11,15-17,20H,1-3H3,(H2,23,24,25)/t11-,15+,16+,17+,20+/m0/s1. The summed E-state index contributed by atoms with van der Waals surface area (Å²) < 4.78 is 21.0. The molecule has 2 saturated heterocycles. The van der Waals surface area contributed by atoms with Crippen LogP contribution in [0.3, 0.4) is 0 Å². The lowest BCUT2D eigenvalue weighted by Gasteiger charge is -2.28. The zero-order chi connectivity index (χ0) is 20.3. The molecule has 5 rings (SSSR count). The monoisotopic (exact) mass is 414 g/mol. The lowest BCUT2D eigenvalue weighted by Crippen LogP contribution is -2.33. The van der Waals surface area contributed by atoms with E-state index in [2.05, 4.69) is 16.9 Å². The van der Waals surface area contributed by atoms with E-state index >= 15 is 0 Å². The number of anilines is 1. The van der Waals surface area contributed by atoms with Crippen LogP contribution in [0.1, 0.15) is 38.5 Å². The van der Waals surface area contributed by atoms with Crippen LogP contribution in [0, 0.1) is 0 Å². The van der Waals surface area contributed by atoms with Gasteiger partial charge in [0.25, 0.3) is 0 Å². The molecule has 0 spiro atoms. The Morgan fingerprint density at radius 1 is 1.10 bits per heavy atom. The van der Waals surface area contributed by atoms with Crippen molar-refractivity contribution < 1.29 is 14.2 Å². The van der Waals surface area contributed by atoms with Crippen molar-refractivity contribution in [1.29, 1.82) is 0 Å². The Kier molecular flexibility index (Phi) is 4.33. The van der Waals surface area contributed by atoms with Gasteiger partial charge in [-0.2, -0.15) is 0 Å². The molecule has 0 amide bonds. The Labute approximate surface area is 173 Å². The predicted octanol–water partition coefficient (Wildman–Crippen LogP) is 3.89. The summed E-state index contributed by atoms with van der Waals surface area (Å²) >= 11 is 6.06. The molecule has 7 nitrogen and oxygen atoms in total. The van der Waals surface area contributed by atoms with Crippen molar-refractivity contribution in [2.24, 2.45) is 0 Å². The number of nitrogens with zero attached hydrogens (tertiary/aromatic N) is 3. The minimum Gasteiger partial charge on any atom is -0.383 e. The molecule has 2 aromatic heterocycles. The fraction of sp³-hybridized carbons (Fsp3) is 0.429. The van der Waals surface area contributed by atoms with E-state index in [9.17, 15) is 0 Å². The number of rotatable bonds is 3. The molecule has 0 unspecified atom stereocenters. The summed E-state index contributed by atoms with van der Waals surface area (Å²) in [5.74, 6) is -0.158. The highest BCUT2D eigenvalue weighted by molar-refractivity contribution is 6.30. The summed E-state index contributed by atoms with van der Waals surface area (Å²) in [6.07, 6.45) is 2.33. The van der Waals surface area contributed by atoms with Crippen LogP contribution in [0.5, 0.6) is 0 Å². The van der Waals surface area contributed by atoms with Gasteiger partial charge in [0.1, 0.15) is 30.0 Å². The minimum absolute atomic E-state index is 0.0868. The first-order valence-electron chi connectivity index (χ1n) is 9.68. The number of fused-ring (bicyclic) bond motifs is 2. The fourth-order valence-electron chi connectivity index (χ4n) is 4.39. The lowest BCUT2D eigenvalue weighted by atomic mass is 9.91. The van der Waals surface area contributed by atoms with Crippen LogP contribution in [0.15, 0.2) is 42.9 Å². The van der Waals surface area contributed by atoms with Crippen molar-refractivity contribution in [3.63, 3.8) is 0 Å². The molecule has 0 bridgehead atoms. The Morgan fingerprint density at radius 3 is 2.59 bits per heavy atom. The van der Waals surface area contributed by atoms with Crippen LogP contribution in [0.4, 0.5) is 5.82 Å². The summed E-state index contributed by atoms with van der Waals surface area (Å²) in [5.41, 5.74) is 7.86. The van der Waals surface area contributed by atoms with Gasteiger partial charge in [-0.15, -0.1) is 0 Å². The number of halogens is 1. The Morgan fingerprint density at radius 2 is 1.83 bits per heavy atom. The molecule has 3 aromatic rings. The molecule has 0 saturated carbocycles. The maximum absolute atomic E-state index is 6.54. The van der Waals surface area contributed by atoms with Crippen molar-refractivity contribution in [2.75, 3.05) is 5.73 Å². The predicted molar refractivity (Wildman–Crippen MR) is 110 cm³/mol. The Bertz CT molecular complexity index is 1050. The second-order valence-electron chi connectivity index (χ2n) is 8.12. The third kappa shape index (κ3) is 3.09. The summed E-state index contributed by atoms with van der Waals surface area (Å²) in [6.45, 7) is 6.00. The van der Waals surface area contributed by atoms with E-state index in [1.807, 2.05) is 54.9 Å². The minimum atomic E-state index is -0.688. The van der Waals surface area contributed by atoms with E-state index in [1.165, 1.54) is 6.33 Å². The molecule has 5 atom stereocenters.